The highest BCUT2D eigenvalue weighted by molar-refractivity contribution is 5.96. The molecule has 0 aromatic heterocycles. The molecule has 0 heterocycles. The molecule has 0 spiro atoms. The summed E-state index contributed by atoms with van der Waals surface area (Å²) in [6, 6.07) is 6.28. The summed E-state index contributed by atoms with van der Waals surface area (Å²) in [5.41, 5.74) is 1.08. The number of amides is 1. The van der Waals surface area contributed by atoms with Gasteiger partial charge in [0.25, 0.3) is 5.91 Å². The molecule has 19 heavy (non-hydrogen) atoms. The highest BCUT2D eigenvalue weighted by atomic mass is 16.4. The van der Waals surface area contributed by atoms with Crippen molar-refractivity contribution in [3.8, 4) is 0 Å². The van der Waals surface area contributed by atoms with Gasteiger partial charge >= 0.3 is 5.97 Å². The monoisotopic (exact) mass is 263 g/mol. The van der Waals surface area contributed by atoms with Gasteiger partial charge in [-0.15, -0.1) is 0 Å². The molecule has 0 bridgehead atoms. The zero-order valence-corrected chi connectivity index (χ0v) is 11.9. The molecular weight excluding hydrogens is 242 g/mol. The van der Waals surface area contributed by atoms with Gasteiger partial charge in [0.1, 0.15) is 6.04 Å². The van der Waals surface area contributed by atoms with Gasteiger partial charge < -0.3 is 10.4 Å². The second-order valence-electron chi connectivity index (χ2n) is 5.66. The Balaban J connectivity index is 2.85. The van der Waals surface area contributed by atoms with Crippen LogP contribution in [0.4, 0.5) is 0 Å². The van der Waals surface area contributed by atoms with E-state index in [0.717, 1.165) is 12.0 Å². The first-order valence-corrected chi connectivity index (χ1v) is 6.38. The summed E-state index contributed by atoms with van der Waals surface area (Å²) in [5, 5.41) is 11.7. The fourth-order valence-corrected chi connectivity index (χ4v) is 1.75. The normalized spacial score (nSPS) is 12.8. The quantitative estimate of drug-likeness (QED) is 0.877. The molecule has 0 saturated heterocycles. The summed E-state index contributed by atoms with van der Waals surface area (Å²) in [4.78, 5) is 23.2. The molecule has 1 rings (SSSR count). The number of nitrogens with one attached hydrogen (secondary N) is 1. The second-order valence-corrected chi connectivity index (χ2v) is 5.66. The number of carboxylic acids is 1. The topological polar surface area (TPSA) is 66.4 Å². The lowest BCUT2D eigenvalue weighted by molar-refractivity contribution is -0.142. The maximum Gasteiger partial charge on any atom is 0.326 e. The summed E-state index contributed by atoms with van der Waals surface area (Å²) in [5.74, 6) is -1.38. The lowest BCUT2D eigenvalue weighted by Gasteiger charge is -2.27. The van der Waals surface area contributed by atoms with Crippen molar-refractivity contribution in [2.45, 2.75) is 40.2 Å². The number of hydrogen-bond donors (Lipinski definition) is 2. The predicted octanol–water partition coefficient (Wildman–Crippen LogP) is 2.48. The van der Waals surface area contributed by atoms with Crippen LogP contribution in [0.3, 0.4) is 0 Å². The molecule has 2 N–H and O–H groups in total. The number of hydrogen-bond acceptors (Lipinski definition) is 2. The molecule has 1 amide bonds. The van der Waals surface area contributed by atoms with Crippen molar-refractivity contribution in [3.63, 3.8) is 0 Å². The zero-order valence-electron chi connectivity index (χ0n) is 11.9. The lowest BCUT2D eigenvalue weighted by Crippen LogP contribution is -2.49. The predicted molar refractivity (Wildman–Crippen MR) is 74.2 cm³/mol. The number of aliphatic carboxylic acids is 1. The summed E-state index contributed by atoms with van der Waals surface area (Å²) in [6.45, 7) is 7.39. The molecule has 0 saturated carbocycles. The zero-order chi connectivity index (χ0) is 14.6. The molecule has 0 fully saturated rings. The molecule has 4 heteroatoms. The van der Waals surface area contributed by atoms with Crippen molar-refractivity contribution in [2.24, 2.45) is 5.41 Å². The third kappa shape index (κ3) is 4.09. The van der Waals surface area contributed by atoms with E-state index in [0.29, 0.717) is 5.56 Å². The molecule has 4 nitrogen and oxygen atoms in total. The Hall–Kier alpha value is -1.84. The third-order valence-corrected chi connectivity index (χ3v) is 3.01. The van der Waals surface area contributed by atoms with Crippen LogP contribution in [0.25, 0.3) is 0 Å². The van der Waals surface area contributed by atoms with Gasteiger partial charge in [-0.3, -0.25) is 4.79 Å². The number of rotatable bonds is 4. The molecule has 0 aliphatic rings. The third-order valence-electron chi connectivity index (χ3n) is 3.01. The molecule has 1 aromatic carbocycles. The molecule has 0 aliphatic heterocycles. The van der Waals surface area contributed by atoms with Crippen LogP contribution in [0, 0.1) is 5.41 Å². The van der Waals surface area contributed by atoms with Gasteiger partial charge in [-0.05, 0) is 29.5 Å². The van der Waals surface area contributed by atoms with Gasteiger partial charge in [-0.25, -0.2) is 4.79 Å². The fraction of sp³-hybridized carbons (Fsp3) is 0.467. The molecule has 0 radical (unpaired) electrons. The van der Waals surface area contributed by atoms with Gasteiger partial charge in [0, 0.05) is 5.56 Å². The van der Waals surface area contributed by atoms with Crippen molar-refractivity contribution >= 4 is 11.9 Å². The van der Waals surface area contributed by atoms with Gasteiger partial charge in [-0.1, -0.05) is 39.8 Å². The van der Waals surface area contributed by atoms with Crippen LogP contribution in [0.15, 0.2) is 24.3 Å². The van der Waals surface area contributed by atoms with Crippen molar-refractivity contribution in [1.82, 2.24) is 5.32 Å². The summed E-state index contributed by atoms with van der Waals surface area (Å²) >= 11 is 0. The van der Waals surface area contributed by atoms with Gasteiger partial charge in [-0.2, -0.15) is 0 Å². The first-order chi connectivity index (χ1) is 8.75. The van der Waals surface area contributed by atoms with E-state index in [9.17, 15) is 14.7 Å². The van der Waals surface area contributed by atoms with Crippen molar-refractivity contribution in [3.05, 3.63) is 35.4 Å². The van der Waals surface area contributed by atoms with Crippen LogP contribution >= 0.6 is 0 Å². The van der Waals surface area contributed by atoms with Crippen LogP contribution in [-0.4, -0.2) is 23.0 Å². The number of benzene rings is 1. The van der Waals surface area contributed by atoms with E-state index < -0.39 is 17.4 Å². The molecule has 0 unspecified atom stereocenters. The Labute approximate surface area is 113 Å². The summed E-state index contributed by atoms with van der Waals surface area (Å²) < 4.78 is 0. The highest BCUT2D eigenvalue weighted by Gasteiger charge is 2.32. The van der Waals surface area contributed by atoms with Crippen LogP contribution < -0.4 is 5.32 Å². The average molecular weight is 263 g/mol. The first kappa shape index (κ1) is 15.2. The van der Waals surface area contributed by atoms with E-state index in [1.807, 2.05) is 19.1 Å². The Kier molecular flexibility index (Phi) is 4.70. The smallest absolute Gasteiger partial charge is 0.326 e. The Morgan fingerprint density at radius 1 is 1.21 bits per heavy atom. The average Bonchev–Trinajstić information content (AvgIpc) is 2.34. The van der Waals surface area contributed by atoms with Crippen molar-refractivity contribution in [2.75, 3.05) is 0 Å². The van der Waals surface area contributed by atoms with E-state index in [1.165, 1.54) is 0 Å². The highest BCUT2D eigenvalue weighted by Crippen LogP contribution is 2.20. The number of carbonyl (C=O) groups is 2. The first-order valence-electron chi connectivity index (χ1n) is 6.38. The molecule has 104 valence electrons. The van der Waals surface area contributed by atoms with Crippen LogP contribution in [0.5, 0.6) is 0 Å². The minimum Gasteiger partial charge on any atom is -0.480 e. The Morgan fingerprint density at radius 2 is 1.74 bits per heavy atom. The van der Waals surface area contributed by atoms with Crippen LogP contribution in [-0.2, 0) is 11.2 Å². The summed E-state index contributed by atoms with van der Waals surface area (Å²) in [7, 11) is 0. The molecule has 1 aromatic rings. The maximum atomic E-state index is 12.0. The van der Waals surface area contributed by atoms with E-state index in [-0.39, 0.29) is 5.91 Å². The van der Waals surface area contributed by atoms with E-state index in [1.54, 1.807) is 32.9 Å². The van der Waals surface area contributed by atoms with Gasteiger partial charge in [0.15, 0.2) is 0 Å². The molecule has 0 aliphatic carbocycles. The number of carboxylic acid groups (broad SMARTS) is 1. The second kappa shape index (κ2) is 5.87. The fourth-order valence-electron chi connectivity index (χ4n) is 1.75. The summed E-state index contributed by atoms with van der Waals surface area (Å²) in [6.07, 6.45) is 0.904. The SMILES string of the molecule is CCc1ccc(C(=O)N[C@@H](C(=O)O)C(C)(C)C)cc1. The standard InChI is InChI=1S/C15H21NO3/c1-5-10-6-8-11(9-7-10)13(17)16-12(14(18)19)15(2,3)4/h6-9,12H,5H2,1-4H3,(H,16,17)(H,18,19)/t12-/m0/s1. The van der Waals surface area contributed by atoms with Crippen LogP contribution in [0.1, 0.15) is 43.6 Å². The maximum absolute atomic E-state index is 12.0. The van der Waals surface area contributed by atoms with Crippen LogP contribution in [0.2, 0.25) is 0 Å². The molecule has 1 atom stereocenters. The number of carbonyl (C=O) groups excluding carboxylic acids is 1. The van der Waals surface area contributed by atoms with Crippen molar-refractivity contribution in [1.29, 1.82) is 0 Å². The van der Waals surface area contributed by atoms with E-state index in [4.69, 9.17) is 0 Å². The molecular formula is C15H21NO3. The largest absolute Gasteiger partial charge is 0.480 e. The van der Waals surface area contributed by atoms with E-state index in [2.05, 4.69) is 5.32 Å². The van der Waals surface area contributed by atoms with Crippen molar-refractivity contribution < 1.29 is 14.7 Å². The minimum atomic E-state index is -1.02. The van der Waals surface area contributed by atoms with Gasteiger partial charge in [0.2, 0.25) is 0 Å². The Bertz CT molecular complexity index is 457. The minimum absolute atomic E-state index is 0.357. The van der Waals surface area contributed by atoms with E-state index >= 15 is 0 Å². The van der Waals surface area contributed by atoms with Gasteiger partial charge in [0.05, 0.1) is 0 Å². The lowest BCUT2D eigenvalue weighted by atomic mass is 9.86. The Morgan fingerprint density at radius 3 is 2.11 bits per heavy atom. The number of aryl methyl sites for hydroxylation is 1.